The molecule has 30 nitrogen and oxygen atoms in total. The monoisotopic (exact) mass is 1700 g/mol. The van der Waals surface area contributed by atoms with Gasteiger partial charge >= 0.3 is 0 Å². The summed E-state index contributed by atoms with van der Waals surface area (Å²) < 4.78 is 29.9. The molecule has 15 N–H and O–H groups in total. The van der Waals surface area contributed by atoms with E-state index in [-0.39, 0.29) is 76.5 Å². The number of rotatable bonds is 21. The first kappa shape index (κ1) is 85.2. The Bertz CT molecular complexity index is 5170. The maximum atomic E-state index is 10.6. The van der Waals surface area contributed by atoms with Gasteiger partial charge in [-0.3, -0.25) is 26.0 Å². The highest BCUT2D eigenvalue weighted by Gasteiger charge is 2.28. The SMILES string of the molecule is CCc1ccc(Oc2cnc(N)nc2N(O)C2CCCCC2)cc1.Cc1ccc(Oc2cnc(N)nc2N(O)C2CCCCC2)cc1.Nc1ncc(Oc2ccc(Br)cc2)c(N(O)c2ccccc2)n1.Nc1ncc(Oc2ccc(Cl)cc2)c(N(O)c2ccccc2)n1.Nc1ncc(Oc2ccc(Cl)cc2Cl)c(N(O)c2ccccc2)n1. The van der Waals surface area contributed by atoms with Crippen molar-refractivity contribution in [1.29, 1.82) is 0 Å². The van der Waals surface area contributed by atoms with Crippen LogP contribution in [-0.2, 0) is 6.42 Å². The molecule has 13 aromatic rings. The number of hydrogen-bond donors (Lipinski definition) is 10. The third-order valence-electron chi connectivity index (χ3n) is 17.7. The van der Waals surface area contributed by atoms with E-state index < -0.39 is 0 Å². The average molecular weight is 1710 g/mol. The van der Waals surface area contributed by atoms with Crippen LogP contribution < -0.4 is 77.7 Å². The first-order chi connectivity index (χ1) is 56.6. The molecule has 15 rings (SSSR count). The van der Waals surface area contributed by atoms with Crippen molar-refractivity contribution < 1.29 is 49.7 Å². The van der Waals surface area contributed by atoms with Crippen molar-refractivity contribution in [3.8, 4) is 57.5 Å². The number of nitrogen functional groups attached to an aromatic ring is 5. The lowest BCUT2D eigenvalue weighted by atomic mass is 9.95. The summed E-state index contributed by atoms with van der Waals surface area (Å²) in [7, 11) is 0. The molecule has 2 fully saturated rings. The number of ether oxygens (including phenoxy) is 5. The molecule has 0 aliphatic heterocycles. The van der Waals surface area contributed by atoms with Crippen LogP contribution in [0.3, 0.4) is 0 Å². The molecule has 2 saturated carbocycles. The molecular formula is C83H84BrCl3N20O10. The molecule has 0 atom stereocenters. The molecule has 604 valence electrons. The Morgan fingerprint density at radius 1 is 0.359 bits per heavy atom. The fourth-order valence-electron chi connectivity index (χ4n) is 11.7. The number of halogens is 4. The molecule has 8 aromatic carbocycles. The van der Waals surface area contributed by atoms with E-state index in [1.165, 1.54) is 59.5 Å². The lowest BCUT2D eigenvalue weighted by Crippen LogP contribution is -2.35. The average Bonchev–Trinajstić information content (AvgIpc) is 0.837. The van der Waals surface area contributed by atoms with Crippen LogP contribution in [0, 0.1) is 6.92 Å². The lowest BCUT2D eigenvalue weighted by molar-refractivity contribution is 0.185. The van der Waals surface area contributed by atoms with Gasteiger partial charge in [0.05, 0.1) is 65.2 Å². The molecule has 0 spiro atoms. The number of anilines is 13. The van der Waals surface area contributed by atoms with Crippen LogP contribution in [0.1, 0.15) is 82.3 Å². The van der Waals surface area contributed by atoms with E-state index in [2.05, 4.69) is 72.7 Å². The molecule has 0 amide bonds. The Morgan fingerprint density at radius 3 is 1.00 bits per heavy atom. The van der Waals surface area contributed by atoms with E-state index in [4.69, 9.17) is 87.2 Å². The normalized spacial score (nSPS) is 12.4. The van der Waals surface area contributed by atoms with Gasteiger partial charge in [-0.05, 0) is 172 Å². The predicted octanol–water partition coefficient (Wildman–Crippen LogP) is 20.5. The Kier molecular flexibility index (Phi) is 30.6. The third-order valence-corrected chi connectivity index (χ3v) is 19.0. The summed E-state index contributed by atoms with van der Waals surface area (Å²) in [5.41, 5.74) is 32.2. The third kappa shape index (κ3) is 24.7. The van der Waals surface area contributed by atoms with Crippen molar-refractivity contribution in [3.63, 3.8) is 0 Å². The first-order valence-electron chi connectivity index (χ1n) is 36.8. The van der Waals surface area contributed by atoms with E-state index in [1.54, 1.807) is 127 Å². The van der Waals surface area contributed by atoms with Crippen molar-refractivity contribution in [3.05, 3.63) is 268 Å². The van der Waals surface area contributed by atoms with E-state index in [0.717, 1.165) is 83.0 Å². The van der Waals surface area contributed by atoms with Crippen LogP contribution in [0.5, 0.6) is 57.5 Å². The van der Waals surface area contributed by atoms with Gasteiger partial charge in [0.15, 0.2) is 28.7 Å². The maximum Gasteiger partial charge on any atom is 0.222 e. The molecule has 5 aromatic heterocycles. The van der Waals surface area contributed by atoms with Gasteiger partial charge in [0.1, 0.15) is 28.7 Å². The zero-order valence-electron chi connectivity index (χ0n) is 63.3. The van der Waals surface area contributed by atoms with Gasteiger partial charge in [-0.25, -0.2) is 50.2 Å². The van der Waals surface area contributed by atoms with Crippen LogP contribution in [0.4, 0.5) is 75.9 Å². The number of aromatic nitrogens is 10. The highest BCUT2D eigenvalue weighted by atomic mass is 79.9. The summed E-state index contributed by atoms with van der Waals surface area (Å²) in [6.07, 6.45) is 18.8. The summed E-state index contributed by atoms with van der Waals surface area (Å²) in [5.74, 6) is 5.67. The lowest BCUT2D eigenvalue weighted by Gasteiger charge is -2.30. The van der Waals surface area contributed by atoms with Crippen molar-refractivity contribution in [2.45, 2.75) is 96.6 Å². The van der Waals surface area contributed by atoms with Crippen LogP contribution in [0.25, 0.3) is 0 Å². The Balaban J connectivity index is 0.000000144. The number of aryl methyl sites for hydroxylation is 2. The summed E-state index contributed by atoms with van der Waals surface area (Å²) in [5, 5.41) is 58.9. The van der Waals surface area contributed by atoms with Crippen molar-refractivity contribution in [2.24, 2.45) is 0 Å². The number of nitrogens with two attached hydrogens (primary N) is 5. The standard InChI is InChI=1S/C18H24N4O2.C17H22N4O2.C16H13BrN4O2.C16H12Cl2N4O2.C16H13ClN4O2/c1-2-13-8-10-15(11-9-13)24-16-12-20-18(19)21-17(16)22(23)14-6-4-3-5-7-14;1-12-7-9-14(10-8-12)23-15-11-19-17(18)20-16(15)21(22)13-5-3-2-4-6-13;17-11-6-8-13(9-7-11)23-14-10-19-16(18)20-15(14)21(22)12-4-2-1-3-5-12;17-10-6-7-13(12(18)8-10)24-14-9-20-16(19)21-15(14)22(23)11-4-2-1-3-5-11;17-11-6-8-13(9-7-11)23-14-10-19-16(18)20-15(14)21(22)12-4-2-1-3-5-12/h8-12,14,23H,2-7H2,1H3,(H2,19,20,21);7-11,13,22H,2-6H2,1H3,(H2,18,19,20);1-10,22H,(H2,18,19,20);1-9,23H,(H2,19,20,21);1-10,22H,(H2,18,19,20). The Hall–Kier alpha value is -12.7. The highest BCUT2D eigenvalue weighted by Crippen LogP contribution is 2.41. The topological polar surface area (TPSA) is 422 Å². The van der Waals surface area contributed by atoms with Crippen LogP contribution in [0.15, 0.2) is 242 Å². The minimum absolute atomic E-state index is 0.00506. The van der Waals surface area contributed by atoms with Crippen LogP contribution in [0.2, 0.25) is 15.1 Å². The molecular weight excluding hydrogens is 1620 g/mol. The quantitative estimate of drug-likeness (QED) is 0.0299. The highest BCUT2D eigenvalue weighted by molar-refractivity contribution is 9.10. The molecule has 117 heavy (non-hydrogen) atoms. The fourth-order valence-corrected chi connectivity index (χ4v) is 12.5. The number of nitrogens with zero attached hydrogens (tertiary/aromatic N) is 15. The molecule has 0 radical (unpaired) electrons. The zero-order valence-corrected chi connectivity index (χ0v) is 67.2. The second-order valence-corrected chi connectivity index (χ2v) is 28.3. The first-order valence-corrected chi connectivity index (χ1v) is 38.8. The van der Waals surface area contributed by atoms with Gasteiger partial charge in [-0.15, -0.1) is 0 Å². The molecule has 2 aliphatic rings. The molecule has 0 saturated heterocycles. The summed E-state index contributed by atoms with van der Waals surface area (Å²) in [6.45, 7) is 4.12. The second kappa shape index (κ2) is 42.1. The van der Waals surface area contributed by atoms with Gasteiger partial charge in [-0.1, -0.05) is 181 Å². The molecule has 0 unspecified atom stereocenters. The minimum atomic E-state index is -0.00506. The molecule has 34 heteroatoms. The summed E-state index contributed by atoms with van der Waals surface area (Å²) >= 11 is 21.2. The van der Waals surface area contributed by atoms with Gasteiger partial charge in [0, 0.05) is 14.5 Å². The number of benzene rings is 8. The second-order valence-electron chi connectivity index (χ2n) is 26.1. The summed E-state index contributed by atoms with van der Waals surface area (Å²) in [4.78, 5) is 40.3. The van der Waals surface area contributed by atoms with E-state index >= 15 is 0 Å². The van der Waals surface area contributed by atoms with Gasteiger partial charge < -0.3 is 52.4 Å². The van der Waals surface area contributed by atoms with Crippen LogP contribution in [-0.4, -0.2) is 88.0 Å². The van der Waals surface area contributed by atoms with Crippen molar-refractivity contribution >= 4 is 127 Å². The Labute approximate surface area is 697 Å². The molecule has 2 aliphatic carbocycles. The summed E-state index contributed by atoms with van der Waals surface area (Å²) in [6, 6.07) is 61.1. The predicted molar refractivity (Wildman–Crippen MR) is 455 cm³/mol. The number of hydrogen-bond acceptors (Lipinski definition) is 30. The van der Waals surface area contributed by atoms with E-state index in [1.807, 2.05) is 85.8 Å². The minimum Gasteiger partial charge on any atom is -0.452 e. The van der Waals surface area contributed by atoms with Gasteiger partial charge in [0.2, 0.25) is 58.8 Å². The van der Waals surface area contributed by atoms with Crippen molar-refractivity contribution in [1.82, 2.24) is 49.8 Å². The Morgan fingerprint density at radius 2 is 0.658 bits per heavy atom. The zero-order chi connectivity index (χ0) is 82.7. The van der Waals surface area contributed by atoms with Crippen molar-refractivity contribution in [2.75, 3.05) is 54.0 Å². The molecule has 0 bridgehead atoms. The fraction of sp³-hybridized carbons (Fsp3) is 0.181. The maximum absolute atomic E-state index is 10.6. The molecule has 5 heterocycles. The van der Waals surface area contributed by atoms with E-state index in [9.17, 15) is 26.0 Å². The smallest absolute Gasteiger partial charge is 0.222 e. The van der Waals surface area contributed by atoms with Gasteiger partial charge in [0.25, 0.3) is 0 Å². The van der Waals surface area contributed by atoms with Gasteiger partial charge in [-0.2, -0.15) is 24.9 Å². The largest absolute Gasteiger partial charge is 0.452 e. The van der Waals surface area contributed by atoms with E-state index in [0.29, 0.717) is 84.0 Å². The number of para-hydroxylation sites is 3. The number of hydroxylamine groups is 2. The van der Waals surface area contributed by atoms with Crippen LogP contribution >= 0.6 is 50.7 Å².